The van der Waals surface area contributed by atoms with Crippen LogP contribution in [-0.2, 0) is 9.53 Å². The van der Waals surface area contributed by atoms with E-state index >= 15 is 0 Å². The van der Waals surface area contributed by atoms with E-state index in [1.165, 1.54) is 24.3 Å². The van der Waals surface area contributed by atoms with Gasteiger partial charge in [-0.05, 0) is 49.2 Å². The van der Waals surface area contributed by atoms with Crippen LogP contribution < -0.4 is 5.32 Å². The van der Waals surface area contributed by atoms with Crippen LogP contribution in [0.2, 0.25) is 0 Å². The molecule has 2 saturated heterocycles. The predicted octanol–water partition coefficient (Wildman–Crippen LogP) is 2.58. The molecule has 1 unspecified atom stereocenters. The highest BCUT2D eigenvalue weighted by Crippen LogP contribution is 2.39. The second kappa shape index (κ2) is 8.59. The van der Waals surface area contributed by atoms with Crippen LogP contribution >= 0.6 is 0 Å². The lowest BCUT2D eigenvalue weighted by molar-refractivity contribution is -0.128. The summed E-state index contributed by atoms with van der Waals surface area (Å²) in [5.74, 6) is -1.02. The topological polar surface area (TPSA) is 79.0 Å². The van der Waals surface area contributed by atoms with Gasteiger partial charge in [-0.1, -0.05) is 18.2 Å². The molecular formula is C25H26FN3O4. The molecule has 1 aliphatic carbocycles. The van der Waals surface area contributed by atoms with E-state index in [2.05, 4.69) is 5.32 Å². The molecule has 1 atom stereocenters. The molecule has 2 aromatic carbocycles. The Balaban J connectivity index is 1.36. The van der Waals surface area contributed by atoms with Crippen LogP contribution in [-0.4, -0.2) is 65.0 Å². The average molecular weight is 451 g/mol. The molecule has 8 heteroatoms. The monoisotopic (exact) mass is 451 g/mol. The molecule has 1 spiro atoms. The van der Waals surface area contributed by atoms with E-state index < -0.39 is 17.6 Å². The third-order valence-corrected chi connectivity index (χ3v) is 6.65. The highest BCUT2D eigenvalue weighted by Gasteiger charge is 2.54. The third kappa shape index (κ3) is 4.23. The number of amides is 3. The molecule has 0 aromatic heterocycles. The van der Waals surface area contributed by atoms with Crippen molar-refractivity contribution in [3.05, 3.63) is 71.5 Å². The van der Waals surface area contributed by atoms with Gasteiger partial charge in [0.15, 0.2) is 0 Å². The fraction of sp³-hybridized carbons (Fsp3) is 0.400. The first-order chi connectivity index (χ1) is 16.0. The number of nitrogens with zero attached hydrogens (tertiary/aromatic N) is 2. The van der Waals surface area contributed by atoms with Gasteiger partial charge in [0.05, 0.1) is 6.61 Å². The van der Waals surface area contributed by atoms with Crippen molar-refractivity contribution in [2.75, 3.05) is 19.7 Å². The Labute approximate surface area is 191 Å². The standard InChI is InChI=1S/C25H26FN3O4/c26-19-8-6-18(7-9-19)23(31)28-14-12-25(13-15-28)29(24(32)17-4-2-1-3-5-17)21(16-33-25)22(30)27-20-10-11-20/h1-9,20-21H,10-16H2,(H,27,30). The third-order valence-electron chi connectivity index (χ3n) is 6.65. The van der Waals surface area contributed by atoms with Crippen LogP contribution in [0.3, 0.4) is 0 Å². The lowest BCUT2D eigenvalue weighted by atomic mass is 9.96. The zero-order valence-electron chi connectivity index (χ0n) is 18.2. The number of benzene rings is 2. The summed E-state index contributed by atoms with van der Waals surface area (Å²) in [6.07, 6.45) is 2.70. The minimum Gasteiger partial charge on any atom is -0.353 e. The fourth-order valence-corrected chi connectivity index (χ4v) is 4.65. The minimum atomic E-state index is -0.946. The number of hydrogen-bond acceptors (Lipinski definition) is 4. The normalized spacial score (nSPS) is 21.8. The Morgan fingerprint density at radius 2 is 1.55 bits per heavy atom. The van der Waals surface area contributed by atoms with Crippen molar-refractivity contribution >= 4 is 17.7 Å². The molecule has 0 radical (unpaired) electrons. The molecule has 172 valence electrons. The summed E-state index contributed by atoms with van der Waals surface area (Å²) in [6, 6.07) is 13.8. The van der Waals surface area contributed by atoms with Crippen LogP contribution in [0.4, 0.5) is 4.39 Å². The maximum atomic E-state index is 13.6. The van der Waals surface area contributed by atoms with E-state index in [4.69, 9.17) is 4.74 Å². The predicted molar refractivity (Wildman–Crippen MR) is 118 cm³/mol. The quantitative estimate of drug-likeness (QED) is 0.775. The van der Waals surface area contributed by atoms with Gasteiger partial charge >= 0.3 is 0 Å². The molecule has 1 saturated carbocycles. The first-order valence-corrected chi connectivity index (χ1v) is 11.3. The van der Waals surface area contributed by atoms with Crippen LogP contribution in [0.15, 0.2) is 54.6 Å². The van der Waals surface area contributed by atoms with Crippen molar-refractivity contribution in [1.82, 2.24) is 15.1 Å². The number of rotatable bonds is 4. The maximum Gasteiger partial charge on any atom is 0.256 e. The SMILES string of the molecule is O=C(NC1CC1)C1COC2(CCN(C(=O)c3ccc(F)cc3)CC2)N1C(=O)c1ccccc1. The second-order valence-corrected chi connectivity index (χ2v) is 8.90. The molecular weight excluding hydrogens is 425 g/mol. The Morgan fingerprint density at radius 1 is 0.909 bits per heavy atom. The summed E-state index contributed by atoms with van der Waals surface area (Å²) in [7, 11) is 0. The van der Waals surface area contributed by atoms with Crippen molar-refractivity contribution < 1.29 is 23.5 Å². The summed E-state index contributed by atoms with van der Waals surface area (Å²) in [5, 5.41) is 3.00. The molecule has 1 N–H and O–H groups in total. The number of halogens is 1. The van der Waals surface area contributed by atoms with Gasteiger partial charge in [-0.25, -0.2) is 4.39 Å². The summed E-state index contributed by atoms with van der Waals surface area (Å²) >= 11 is 0. The van der Waals surface area contributed by atoms with Crippen LogP contribution in [0.25, 0.3) is 0 Å². The molecule has 2 aliphatic heterocycles. The molecule has 5 rings (SSSR count). The van der Waals surface area contributed by atoms with Gasteiger partial charge in [0.2, 0.25) is 5.91 Å². The van der Waals surface area contributed by atoms with Gasteiger partial charge in [0, 0.05) is 43.1 Å². The van der Waals surface area contributed by atoms with E-state index in [1.54, 1.807) is 34.1 Å². The van der Waals surface area contributed by atoms with Crippen LogP contribution in [0, 0.1) is 5.82 Å². The fourth-order valence-electron chi connectivity index (χ4n) is 4.65. The molecule has 2 aromatic rings. The molecule has 0 bridgehead atoms. The van der Waals surface area contributed by atoms with E-state index in [1.807, 2.05) is 6.07 Å². The molecule has 3 aliphatic rings. The molecule has 2 heterocycles. The Morgan fingerprint density at radius 3 is 2.18 bits per heavy atom. The lowest BCUT2D eigenvalue weighted by Gasteiger charge is -2.44. The smallest absolute Gasteiger partial charge is 0.256 e. The van der Waals surface area contributed by atoms with Crippen molar-refractivity contribution in [1.29, 1.82) is 0 Å². The summed E-state index contributed by atoms with van der Waals surface area (Å²) < 4.78 is 19.4. The van der Waals surface area contributed by atoms with Gasteiger partial charge < -0.3 is 15.0 Å². The van der Waals surface area contributed by atoms with Gasteiger partial charge in [-0.15, -0.1) is 0 Å². The number of carbonyl (C=O) groups is 3. The van der Waals surface area contributed by atoms with Gasteiger partial charge in [0.25, 0.3) is 11.8 Å². The summed E-state index contributed by atoms with van der Waals surface area (Å²) in [6.45, 7) is 0.862. The van der Waals surface area contributed by atoms with E-state index in [0.717, 1.165) is 12.8 Å². The van der Waals surface area contributed by atoms with Crippen molar-refractivity contribution in [3.63, 3.8) is 0 Å². The van der Waals surface area contributed by atoms with E-state index in [-0.39, 0.29) is 30.4 Å². The number of carbonyl (C=O) groups excluding carboxylic acids is 3. The molecule has 33 heavy (non-hydrogen) atoms. The zero-order chi connectivity index (χ0) is 23.0. The largest absolute Gasteiger partial charge is 0.353 e. The van der Waals surface area contributed by atoms with E-state index in [0.29, 0.717) is 37.1 Å². The Kier molecular flexibility index (Phi) is 5.62. The van der Waals surface area contributed by atoms with Crippen molar-refractivity contribution in [2.45, 2.75) is 43.5 Å². The van der Waals surface area contributed by atoms with Crippen molar-refractivity contribution in [3.8, 4) is 0 Å². The number of likely N-dealkylation sites (tertiary alicyclic amines) is 1. The molecule has 3 fully saturated rings. The molecule has 3 amide bonds. The highest BCUT2D eigenvalue weighted by molar-refractivity contribution is 5.98. The van der Waals surface area contributed by atoms with E-state index in [9.17, 15) is 18.8 Å². The summed E-state index contributed by atoms with van der Waals surface area (Å²) in [5.41, 5.74) is -0.0343. The Bertz CT molecular complexity index is 1050. The number of piperidine rings is 1. The Hall–Kier alpha value is -3.26. The minimum absolute atomic E-state index is 0.128. The van der Waals surface area contributed by atoms with Gasteiger partial charge in [0.1, 0.15) is 17.6 Å². The first-order valence-electron chi connectivity index (χ1n) is 11.3. The van der Waals surface area contributed by atoms with Crippen LogP contribution in [0.1, 0.15) is 46.4 Å². The number of nitrogens with one attached hydrogen (secondary N) is 1. The van der Waals surface area contributed by atoms with Crippen molar-refractivity contribution in [2.24, 2.45) is 0 Å². The highest BCUT2D eigenvalue weighted by atomic mass is 19.1. The lowest BCUT2D eigenvalue weighted by Crippen LogP contribution is -2.60. The van der Waals surface area contributed by atoms with Crippen LogP contribution in [0.5, 0.6) is 0 Å². The zero-order valence-corrected chi connectivity index (χ0v) is 18.2. The average Bonchev–Trinajstić information content (AvgIpc) is 3.59. The van der Waals surface area contributed by atoms with Gasteiger partial charge in [-0.3, -0.25) is 19.3 Å². The van der Waals surface area contributed by atoms with Gasteiger partial charge in [-0.2, -0.15) is 0 Å². The second-order valence-electron chi connectivity index (χ2n) is 8.90. The number of hydrogen-bond donors (Lipinski definition) is 1. The molecule has 7 nitrogen and oxygen atoms in total. The summed E-state index contributed by atoms with van der Waals surface area (Å²) in [4.78, 5) is 42.7. The first kappa shape index (κ1) is 21.6. The number of ether oxygens (including phenoxy) is 1. The maximum absolute atomic E-state index is 13.6.